The lowest BCUT2D eigenvalue weighted by atomic mass is 10.3. The molecule has 1 amide bonds. The number of nitrogens with zero attached hydrogens (tertiary/aromatic N) is 3. The zero-order valence-corrected chi connectivity index (χ0v) is 16.8. The van der Waals surface area contributed by atoms with E-state index in [1.165, 1.54) is 23.5 Å². The molecular weight excluding hydrogens is 435 g/mol. The van der Waals surface area contributed by atoms with E-state index in [9.17, 15) is 9.59 Å². The van der Waals surface area contributed by atoms with Crippen LogP contribution >= 0.6 is 46.1 Å². The molecule has 27 heavy (non-hydrogen) atoms. The number of hydrogen-bond acceptors (Lipinski definition) is 6. The summed E-state index contributed by atoms with van der Waals surface area (Å²) in [5.41, 5.74) is 1.16. The zero-order chi connectivity index (χ0) is 19.6. The third-order valence-corrected chi connectivity index (χ3v) is 5.21. The van der Waals surface area contributed by atoms with E-state index < -0.39 is 18.5 Å². The first kappa shape index (κ1) is 19.6. The molecule has 0 radical (unpaired) electrons. The highest BCUT2D eigenvalue weighted by atomic mass is 35.5. The number of ether oxygens (including phenoxy) is 1. The van der Waals surface area contributed by atoms with Crippen LogP contribution < -0.4 is 5.32 Å². The Morgan fingerprint density at radius 3 is 2.67 bits per heavy atom. The first-order valence-electron chi connectivity index (χ1n) is 7.39. The van der Waals surface area contributed by atoms with Crippen molar-refractivity contribution in [1.82, 2.24) is 14.8 Å². The fourth-order valence-electron chi connectivity index (χ4n) is 2.04. The molecule has 7 nitrogen and oxygen atoms in total. The van der Waals surface area contributed by atoms with Crippen molar-refractivity contribution < 1.29 is 14.3 Å². The van der Waals surface area contributed by atoms with Crippen LogP contribution in [-0.4, -0.2) is 33.2 Å². The van der Waals surface area contributed by atoms with Crippen molar-refractivity contribution in [3.8, 4) is 10.6 Å². The number of esters is 1. The average molecular weight is 446 g/mol. The maximum Gasteiger partial charge on any atom is 0.358 e. The van der Waals surface area contributed by atoms with Crippen LogP contribution in [0.25, 0.3) is 10.6 Å². The van der Waals surface area contributed by atoms with E-state index >= 15 is 0 Å². The Morgan fingerprint density at radius 1 is 1.22 bits per heavy atom. The van der Waals surface area contributed by atoms with Gasteiger partial charge in [0.2, 0.25) is 0 Å². The van der Waals surface area contributed by atoms with Gasteiger partial charge < -0.3 is 10.1 Å². The Hall–Kier alpha value is -2.13. The lowest BCUT2D eigenvalue weighted by Gasteiger charge is -2.09. The van der Waals surface area contributed by atoms with Crippen molar-refractivity contribution in [3.05, 3.63) is 50.7 Å². The number of nitrogens with one attached hydrogen (secondary N) is 1. The molecule has 0 saturated carbocycles. The third-order valence-electron chi connectivity index (χ3n) is 3.28. The number of rotatable bonds is 5. The topological polar surface area (TPSA) is 86.1 Å². The van der Waals surface area contributed by atoms with Crippen LogP contribution in [0.2, 0.25) is 15.1 Å². The second kappa shape index (κ2) is 8.26. The molecule has 0 saturated heterocycles. The van der Waals surface area contributed by atoms with E-state index in [-0.39, 0.29) is 26.4 Å². The van der Waals surface area contributed by atoms with Crippen molar-refractivity contribution >= 4 is 63.7 Å². The van der Waals surface area contributed by atoms with Gasteiger partial charge in [0, 0.05) is 24.2 Å². The largest absolute Gasteiger partial charge is 0.451 e. The van der Waals surface area contributed by atoms with Gasteiger partial charge in [0.15, 0.2) is 12.3 Å². The van der Waals surface area contributed by atoms with Gasteiger partial charge in [0.05, 0.1) is 27.0 Å². The van der Waals surface area contributed by atoms with E-state index in [1.807, 2.05) is 0 Å². The molecule has 2 heterocycles. The molecule has 0 spiro atoms. The molecule has 0 aliphatic carbocycles. The molecule has 1 N–H and O–H groups in total. The van der Waals surface area contributed by atoms with Crippen LogP contribution in [0, 0.1) is 0 Å². The predicted molar refractivity (Wildman–Crippen MR) is 105 cm³/mol. The minimum absolute atomic E-state index is 0.110. The summed E-state index contributed by atoms with van der Waals surface area (Å²) in [5.74, 6) is -1.29. The van der Waals surface area contributed by atoms with Gasteiger partial charge in [-0.05, 0) is 12.1 Å². The van der Waals surface area contributed by atoms with Gasteiger partial charge >= 0.3 is 5.97 Å². The Kier molecular flexibility index (Phi) is 6.01. The van der Waals surface area contributed by atoms with Crippen molar-refractivity contribution in [2.45, 2.75) is 0 Å². The Balaban J connectivity index is 1.58. The molecule has 0 bridgehead atoms. The van der Waals surface area contributed by atoms with E-state index in [0.717, 1.165) is 5.56 Å². The Bertz CT molecular complexity index is 1020. The van der Waals surface area contributed by atoms with Crippen molar-refractivity contribution in [1.29, 1.82) is 0 Å². The molecular formula is C16H11Cl3N4O3S. The maximum absolute atomic E-state index is 12.1. The quantitative estimate of drug-likeness (QED) is 0.467. The first-order valence-corrected chi connectivity index (χ1v) is 9.41. The molecule has 2 aromatic heterocycles. The third kappa shape index (κ3) is 4.78. The molecule has 1 aromatic carbocycles. The van der Waals surface area contributed by atoms with Crippen molar-refractivity contribution in [2.24, 2.45) is 7.05 Å². The summed E-state index contributed by atoms with van der Waals surface area (Å²) in [7, 11) is 1.78. The highest BCUT2D eigenvalue weighted by Gasteiger charge is 2.16. The molecule has 11 heteroatoms. The number of carbonyl (C=O) groups is 2. The summed E-state index contributed by atoms with van der Waals surface area (Å²) in [6.07, 6.45) is 3.42. The first-order chi connectivity index (χ1) is 12.8. The minimum Gasteiger partial charge on any atom is -0.451 e. The van der Waals surface area contributed by atoms with Crippen LogP contribution in [-0.2, 0) is 16.6 Å². The van der Waals surface area contributed by atoms with Gasteiger partial charge in [-0.3, -0.25) is 9.48 Å². The van der Waals surface area contributed by atoms with E-state index in [4.69, 9.17) is 39.5 Å². The van der Waals surface area contributed by atoms with Crippen molar-refractivity contribution in [2.75, 3.05) is 11.9 Å². The standard InChI is InChI=1S/C16H11Cl3N4O3S/c1-23-5-8(4-20-23)15-22-13(7-27-15)16(25)26-6-14(24)21-12-3-10(18)9(17)2-11(12)19/h2-5,7H,6H2,1H3,(H,21,24). The lowest BCUT2D eigenvalue weighted by Crippen LogP contribution is -2.21. The summed E-state index contributed by atoms with van der Waals surface area (Å²) >= 11 is 19.0. The highest BCUT2D eigenvalue weighted by Crippen LogP contribution is 2.32. The highest BCUT2D eigenvalue weighted by molar-refractivity contribution is 7.13. The second-order valence-electron chi connectivity index (χ2n) is 5.31. The molecule has 0 unspecified atom stereocenters. The number of amides is 1. The zero-order valence-electron chi connectivity index (χ0n) is 13.7. The fourth-order valence-corrected chi connectivity index (χ4v) is 3.40. The number of carbonyl (C=O) groups excluding carboxylic acids is 2. The molecule has 0 aliphatic heterocycles. The van der Waals surface area contributed by atoms with Gasteiger partial charge in [-0.1, -0.05) is 34.8 Å². The summed E-state index contributed by atoms with van der Waals surface area (Å²) in [6, 6.07) is 2.81. The van der Waals surface area contributed by atoms with Gasteiger partial charge in [-0.2, -0.15) is 5.10 Å². The van der Waals surface area contributed by atoms with Gasteiger partial charge in [-0.25, -0.2) is 9.78 Å². The van der Waals surface area contributed by atoms with Crippen LogP contribution in [0.3, 0.4) is 0 Å². The number of benzene rings is 1. The second-order valence-corrected chi connectivity index (χ2v) is 7.39. The lowest BCUT2D eigenvalue weighted by molar-refractivity contribution is -0.119. The monoisotopic (exact) mass is 444 g/mol. The number of aryl methyl sites for hydroxylation is 1. The maximum atomic E-state index is 12.1. The molecule has 0 aliphatic rings. The summed E-state index contributed by atoms with van der Waals surface area (Å²) < 4.78 is 6.61. The normalized spacial score (nSPS) is 10.7. The van der Waals surface area contributed by atoms with E-state index in [2.05, 4.69) is 15.4 Å². The van der Waals surface area contributed by atoms with Crippen molar-refractivity contribution in [3.63, 3.8) is 0 Å². The Morgan fingerprint density at radius 2 is 1.96 bits per heavy atom. The number of halogens is 3. The average Bonchev–Trinajstić information content (AvgIpc) is 3.26. The summed E-state index contributed by atoms with van der Waals surface area (Å²) in [5, 5.41) is 9.44. The molecule has 0 atom stereocenters. The van der Waals surface area contributed by atoms with Crippen LogP contribution in [0.5, 0.6) is 0 Å². The SMILES string of the molecule is Cn1cc(-c2nc(C(=O)OCC(=O)Nc3cc(Cl)c(Cl)cc3Cl)cs2)cn1. The predicted octanol–water partition coefficient (Wildman–Crippen LogP) is 4.30. The van der Waals surface area contributed by atoms with Crippen LogP contribution in [0.1, 0.15) is 10.5 Å². The molecule has 3 rings (SSSR count). The summed E-state index contributed by atoms with van der Waals surface area (Å²) in [6.45, 7) is -0.505. The van der Waals surface area contributed by atoms with Gasteiger partial charge in [-0.15, -0.1) is 11.3 Å². The van der Waals surface area contributed by atoms with Gasteiger partial charge in [0.25, 0.3) is 5.91 Å². The van der Waals surface area contributed by atoms with E-state index in [0.29, 0.717) is 5.01 Å². The number of anilines is 1. The molecule has 3 aromatic rings. The molecule has 0 fully saturated rings. The smallest absolute Gasteiger partial charge is 0.358 e. The Labute approximate surface area is 172 Å². The number of aromatic nitrogens is 3. The minimum atomic E-state index is -0.711. The summed E-state index contributed by atoms with van der Waals surface area (Å²) in [4.78, 5) is 28.2. The van der Waals surface area contributed by atoms with E-state index in [1.54, 1.807) is 29.5 Å². The number of hydrogen-bond donors (Lipinski definition) is 1. The fraction of sp³-hybridized carbons (Fsp3) is 0.125. The number of thiazole rings is 1. The molecule has 140 valence electrons. The van der Waals surface area contributed by atoms with Gasteiger partial charge in [0.1, 0.15) is 5.01 Å². The van der Waals surface area contributed by atoms with Crippen LogP contribution in [0.4, 0.5) is 5.69 Å². The van der Waals surface area contributed by atoms with Crippen LogP contribution in [0.15, 0.2) is 29.9 Å².